The first kappa shape index (κ1) is 13.5. The number of nitrogens with zero attached hydrogens (tertiary/aromatic N) is 2. The molecule has 0 saturated carbocycles. The number of benzene rings is 1. The van der Waals surface area contributed by atoms with Gasteiger partial charge in [-0.15, -0.1) is 0 Å². The molecule has 4 nitrogen and oxygen atoms in total. The zero-order valence-corrected chi connectivity index (χ0v) is 11.7. The van der Waals surface area contributed by atoms with Crippen molar-refractivity contribution in [3.05, 3.63) is 48.0 Å². The normalized spacial score (nSPS) is 10.4. The third-order valence-corrected chi connectivity index (χ3v) is 3.09. The molecule has 2 aromatic rings. The highest BCUT2D eigenvalue weighted by Crippen LogP contribution is 2.13. The maximum absolute atomic E-state index is 5.69. The van der Waals surface area contributed by atoms with E-state index in [2.05, 4.69) is 9.55 Å². The van der Waals surface area contributed by atoms with Crippen molar-refractivity contribution in [2.45, 2.75) is 19.9 Å². The minimum absolute atomic E-state index is 0.388. The standard InChI is InChI=1S/C14H17N3OS/c1-11-16-6-8-17(11)7-3-9-18-13-5-2-4-12(10-13)14(15)19/h2,4-6,8,10H,3,7,9H2,1H3,(H2,15,19). The SMILES string of the molecule is Cc1nccn1CCCOc1cccc(C(N)=S)c1. The van der Waals surface area contributed by atoms with Gasteiger partial charge in [-0.25, -0.2) is 4.98 Å². The molecular weight excluding hydrogens is 258 g/mol. The first-order chi connectivity index (χ1) is 9.16. The molecule has 1 aromatic carbocycles. The summed E-state index contributed by atoms with van der Waals surface area (Å²) in [6.07, 6.45) is 4.71. The molecule has 5 heteroatoms. The summed E-state index contributed by atoms with van der Waals surface area (Å²) in [6, 6.07) is 7.54. The van der Waals surface area contributed by atoms with E-state index in [1.807, 2.05) is 43.6 Å². The molecule has 1 aromatic heterocycles. The lowest BCUT2D eigenvalue weighted by Crippen LogP contribution is -2.09. The first-order valence-electron chi connectivity index (χ1n) is 6.17. The van der Waals surface area contributed by atoms with Crippen LogP contribution in [0.3, 0.4) is 0 Å². The van der Waals surface area contributed by atoms with E-state index in [4.69, 9.17) is 22.7 Å². The van der Waals surface area contributed by atoms with Crippen LogP contribution in [0.1, 0.15) is 17.8 Å². The summed E-state index contributed by atoms with van der Waals surface area (Å²) in [7, 11) is 0. The first-order valence-corrected chi connectivity index (χ1v) is 6.58. The predicted octanol–water partition coefficient (Wildman–Crippen LogP) is 2.29. The molecule has 100 valence electrons. The summed E-state index contributed by atoms with van der Waals surface area (Å²) in [5, 5.41) is 0. The van der Waals surface area contributed by atoms with E-state index in [1.165, 1.54) is 0 Å². The Labute approximate surface area is 118 Å². The van der Waals surface area contributed by atoms with E-state index in [1.54, 1.807) is 0 Å². The van der Waals surface area contributed by atoms with E-state index in [0.29, 0.717) is 11.6 Å². The second kappa shape index (κ2) is 6.33. The molecule has 0 radical (unpaired) electrons. The number of imidazole rings is 1. The topological polar surface area (TPSA) is 53.1 Å². The van der Waals surface area contributed by atoms with Crippen LogP contribution in [0, 0.1) is 6.92 Å². The lowest BCUT2D eigenvalue weighted by Gasteiger charge is -2.08. The molecule has 19 heavy (non-hydrogen) atoms. The van der Waals surface area contributed by atoms with Gasteiger partial charge >= 0.3 is 0 Å². The number of aryl methyl sites for hydroxylation is 2. The Balaban J connectivity index is 1.81. The molecule has 0 amide bonds. The van der Waals surface area contributed by atoms with Crippen LogP contribution in [0.2, 0.25) is 0 Å². The molecule has 2 rings (SSSR count). The predicted molar refractivity (Wildman–Crippen MR) is 79.4 cm³/mol. The monoisotopic (exact) mass is 275 g/mol. The van der Waals surface area contributed by atoms with Gasteiger partial charge in [-0.05, 0) is 25.5 Å². The second-order valence-electron chi connectivity index (χ2n) is 4.26. The largest absolute Gasteiger partial charge is 0.494 e. The maximum atomic E-state index is 5.69. The number of aromatic nitrogens is 2. The molecule has 0 bridgehead atoms. The number of rotatable bonds is 6. The summed E-state index contributed by atoms with van der Waals surface area (Å²) in [5.41, 5.74) is 6.42. The Hall–Kier alpha value is -1.88. The highest BCUT2D eigenvalue weighted by atomic mass is 32.1. The van der Waals surface area contributed by atoms with E-state index in [0.717, 1.165) is 30.1 Å². The average molecular weight is 275 g/mol. The van der Waals surface area contributed by atoms with Crippen molar-refractivity contribution in [3.63, 3.8) is 0 Å². The molecule has 0 aliphatic carbocycles. The van der Waals surface area contributed by atoms with Crippen LogP contribution < -0.4 is 10.5 Å². The molecule has 0 aliphatic heterocycles. The fourth-order valence-corrected chi connectivity index (χ4v) is 1.93. The van der Waals surface area contributed by atoms with E-state index in [9.17, 15) is 0 Å². The minimum atomic E-state index is 0.388. The summed E-state index contributed by atoms with van der Waals surface area (Å²) in [5.74, 6) is 1.82. The minimum Gasteiger partial charge on any atom is -0.494 e. The highest BCUT2D eigenvalue weighted by Gasteiger charge is 2.00. The van der Waals surface area contributed by atoms with Gasteiger partial charge in [0.05, 0.1) is 6.61 Å². The zero-order chi connectivity index (χ0) is 13.7. The number of thiocarbonyl (C=S) groups is 1. The fourth-order valence-electron chi connectivity index (χ4n) is 1.80. The van der Waals surface area contributed by atoms with E-state index in [-0.39, 0.29) is 0 Å². The van der Waals surface area contributed by atoms with Crippen LogP contribution in [0.15, 0.2) is 36.7 Å². The summed E-state index contributed by atoms with van der Waals surface area (Å²) in [4.78, 5) is 4.57. The Kier molecular flexibility index (Phi) is 4.52. The Morgan fingerprint density at radius 1 is 1.47 bits per heavy atom. The maximum Gasteiger partial charge on any atom is 0.119 e. The van der Waals surface area contributed by atoms with Gasteiger partial charge in [0, 0.05) is 24.5 Å². The average Bonchev–Trinajstić information content (AvgIpc) is 2.81. The van der Waals surface area contributed by atoms with Crippen molar-refractivity contribution in [1.82, 2.24) is 9.55 Å². The van der Waals surface area contributed by atoms with Crippen molar-refractivity contribution in [1.29, 1.82) is 0 Å². The van der Waals surface area contributed by atoms with Crippen molar-refractivity contribution < 1.29 is 4.74 Å². The van der Waals surface area contributed by atoms with Gasteiger partial charge in [0.25, 0.3) is 0 Å². The summed E-state index contributed by atoms with van der Waals surface area (Å²) < 4.78 is 7.79. The lowest BCUT2D eigenvalue weighted by atomic mass is 10.2. The van der Waals surface area contributed by atoms with Gasteiger partial charge in [0.2, 0.25) is 0 Å². The Morgan fingerprint density at radius 3 is 3.00 bits per heavy atom. The van der Waals surface area contributed by atoms with E-state index >= 15 is 0 Å². The van der Waals surface area contributed by atoms with Crippen LogP contribution in [0.4, 0.5) is 0 Å². The number of hydrogen-bond donors (Lipinski definition) is 1. The van der Waals surface area contributed by atoms with Crippen molar-refractivity contribution in [2.75, 3.05) is 6.61 Å². The van der Waals surface area contributed by atoms with Gasteiger partial charge in [-0.2, -0.15) is 0 Å². The second-order valence-corrected chi connectivity index (χ2v) is 4.70. The molecule has 2 N–H and O–H groups in total. The third-order valence-electron chi connectivity index (χ3n) is 2.85. The Bertz CT molecular complexity index is 565. The van der Waals surface area contributed by atoms with Gasteiger partial charge in [-0.3, -0.25) is 0 Å². The molecule has 1 heterocycles. The molecule has 0 atom stereocenters. The summed E-state index contributed by atoms with van der Waals surface area (Å²) in [6.45, 7) is 3.55. The molecule has 0 fully saturated rings. The fraction of sp³-hybridized carbons (Fsp3) is 0.286. The third kappa shape index (κ3) is 3.79. The summed E-state index contributed by atoms with van der Waals surface area (Å²) >= 11 is 4.94. The molecular formula is C14H17N3OS. The number of nitrogens with two attached hydrogens (primary N) is 1. The molecule has 0 spiro atoms. The quantitative estimate of drug-likeness (QED) is 0.649. The van der Waals surface area contributed by atoms with Crippen molar-refractivity contribution in [3.8, 4) is 5.75 Å². The van der Waals surface area contributed by atoms with Crippen LogP contribution in [-0.4, -0.2) is 21.1 Å². The zero-order valence-electron chi connectivity index (χ0n) is 10.9. The van der Waals surface area contributed by atoms with Crippen molar-refractivity contribution >= 4 is 17.2 Å². The van der Waals surface area contributed by atoms with Crippen LogP contribution >= 0.6 is 12.2 Å². The van der Waals surface area contributed by atoms with Gasteiger partial charge in [-0.1, -0.05) is 24.4 Å². The van der Waals surface area contributed by atoms with Gasteiger partial charge in [0.1, 0.15) is 16.6 Å². The molecule has 0 aliphatic rings. The Morgan fingerprint density at radius 2 is 2.32 bits per heavy atom. The van der Waals surface area contributed by atoms with Gasteiger partial charge < -0.3 is 15.0 Å². The van der Waals surface area contributed by atoms with Crippen LogP contribution in [0.5, 0.6) is 5.75 Å². The number of hydrogen-bond acceptors (Lipinski definition) is 3. The van der Waals surface area contributed by atoms with Crippen LogP contribution in [-0.2, 0) is 6.54 Å². The smallest absolute Gasteiger partial charge is 0.119 e. The van der Waals surface area contributed by atoms with Gasteiger partial charge in [0.15, 0.2) is 0 Å². The molecule has 0 unspecified atom stereocenters. The molecule has 0 saturated heterocycles. The van der Waals surface area contributed by atoms with E-state index < -0.39 is 0 Å². The number of ether oxygens (including phenoxy) is 1. The van der Waals surface area contributed by atoms with Crippen molar-refractivity contribution in [2.24, 2.45) is 5.73 Å². The van der Waals surface area contributed by atoms with Crippen LogP contribution in [0.25, 0.3) is 0 Å². The lowest BCUT2D eigenvalue weighted by molar-refractivity contribution is 0.301. The highest BCUT2D eigenvalue weighted by molar-refractivity contribution is 7.80.